The molecule has 0 bridgehead atoms. The van der Waals surface area contributed by atoms with Crippen LogP contribution in [0.3, 0.4) is 0 Å². The maximum Gasteiger partial charge on any atom is 0.146 e. The molecule has 0 unspecified atom stereocenters. The maximum absolute atomic E-state index is 4.98. The molecule has 0 saturated carbocycles. The summed E-state index contributed by atoms with van der Waals surface area (Å²) in [6.07, 6.45) is 5.75. The van der Waals surface area contributed by atoms with E-state index in [2.05, 4.69) is 38.4 Å². The quantitative estimate of drug-likeness (QED) is 0.722. The summed E-state index contributed by atoms with van der Waals surface area (Å²) in [6, 6.07) is 2.11. The fraction of sp³-hybridized carbons (Fsp3) is 0.500. The minimum absolute atomic E-state index is 0.736. The van der Waals surface area contributed by atoms with Gasteiger partial charge < -0.3 is 14.6 Å². The highest BCUT2D eigenvalue weighted by Gasteiger charge is 2.02. The third kappa shape index (κ3) is 3.41. The van der Waals surface area contributed by atoms with Crippen LogP contribution in [0.2, 0.25) is 0 Å². The number of aryl methyl sites for hydroxylation is 1. The Bertz CT molecular complexity index is 476. The van der Waals surface area contributed by atoms with Crippen LogP contribution in [-0.4, -0.2) is 39.6 Å². The van der Waals surface area contributed by atoms with Gasteiger partial charge in [-0.2, -0.15) is 5.10 Å². The van der Waals surface area contributed by atoms with Crippen LogP contribution < -0.4 is 5.32 Å². The molecule has 0 amide bonds. The zero-order chi connectivity index (χ0) is 12.8. The summed E-state index contributed by atoms with van der Waals surface area (Å²) in [4.78, 5) is 4.21. The maximum atomic E-state index is 4.98. The molecule has 2 rings (SSSR count). The first-order valence-corrected chi connectivity index (χ1v) is 5.97. The fourth-order valence-corrected chi connectivity index (χ4v) is 1.73. The monoisotopic (exact) mass is 249 g/mol. The van der Waals surface area contributed by atoms with Gasteiger partial charge >= 0.3 is 0 Å². The summed E-state index contributed by atoms with van der Waals surface area (Å²) >= 11 is 0. The van der Waals surface area contributed by atoms with Crippen LogP contribution in [0.1, 0.15) is 11.4 Å². The highest BCUT2D eigenvalue weighted by atomic mass is 16.5. The van der Waals surface area contributed by atoms with E-state index in [4.69, 9.17) is 4.74 Å². The Morgan fingerprint density at radius 1 is 1.44 bits per heavy atom. The number of hydrogen-bond acceptors (Lipinski definition) is 4. The Morgan fingerprint density at radius 2 is 2.33 bits per heavy atom. The van der Waals surface area contributed by atoms with E-state index in [1.54, 1.807) is 18.1 Å². The first-order valence-electron chi connectivity index (χ1n) is 5.97. The second kappa shape index (κ2) is 6.32. The van der Waals surface area contributed by atoms with Crippen molar-refractivity contribution in [1.82, 2.24) is 24.6 Å². The van der Waals surface area contributed by atoms with Crippen molar-refractivity contribution < 1.29 is 4.74 Å². The Balaban J connectivity index is 1.84. The number of rotatable bonds is 7. The van der Waals surface area contributed by atoms with Gasteiger partial charge in [0.15, 0.2) is 0 Å². The lowest BCUT2D eigenvalue weighted by molar-refractivity contribution is 0.199. The highest BCUT2D eigenvalue weighted by molar-refractivity contribution is 5.10. The highest BCUT2D eigenvalue weighted by Crippen LogP contribution is 2.03. The zero-order valence-electron chi connectivity index (χ0n) is 10.8. The molecular formula is C12H19N5O. The van der Waals surface area contributed by atoms with Gasteiger partial charge in [-0.1, -0.05) is 0 Å². The van der Waals surface area contributed by atoms with Crippen molar-refractivity contribution in [3.05, 3.63) is 36.2 Å². The van der Waals surface area contributed by atoms with Crippen LogP contribution in [0, 0.1) is 0 Å². The predicted octanol–water partition coefficient (Wildman–Crippen LogP) is 0.401. The first-order chi connectivity index (χ1) is 8.79. The molecule has 0 aromatic carbocycles. The molecule has 0 aliphatic heterocycles. The van der Waals surface area contributed by atoms with Gasteiger partial charge in [-0.25, -0.2) is 4.98 Å². The molecule has 1 N–H and O–H groups in total. The molecule has 2 aromatic rings. The van der Waals surface area contributed by atoms with Gasteiger partial charge in [0.05, 0.1) is 13.2 Å². The Kier molecular flexibility index (Phi) is 4.49. The lowest BCUT2D eigenvalue weighted by atomic mass is 10.3. The minimum atomic E-state index is 0.736. The average molecular weight is 249 g/mol. The minimum Gasteiger partial charge on any atom is -0.383 e. The van der Waals surface area contributed by atoms with E-state index in [-0.39, 0.29) is 0 Å². The standard InChI is InChI=1S/C12H19N5O/c1-16-12(14-10-15-16)9-17-5-3-11(8-17)7-13-4-6-18-2/h3,5,8,10,13H,4,6-7,9H2,1-2H3. The Morgan fingerprint density at radius 3 is 3.06 bits per heavy atom. The van der Waals surface area contributed by atoms with Crippen LogP contribution in [-0.2, 0) is 24.9 Å². The van der Waals surface area contributed by atoms with E-state index >= 15 is 0 Å². The Hall–Kier alpha value is -1.66. The topological polar surface area (TPSA) is 56.9 Å². The number of hydrogen-bond donors (Lipinski definition) is 1. The molecule has 0 radical (unpaired) electrons. The molecule has 6 nitrogen and oxygen atoms in total. The summed E-state index contributed by atoms with van der Waals surface area (Å²) in [5, 5.41) is 7.37. The van der Waals surface area contributed by atoms with Gasteiger partial charge in [0.1, 0.15) is 12.2 Å². The molecule has 0 aliphatic rings. The predicted molar refractivity (Wildman–Crippen MR) is 68.1 cm³/mol. The van der Waals surface area contributed by atoms with Gasteiger partial charge in [0.25, 0.3) is 0 Å². The number of aromatic nitrogens is 4. The Labute approximate surface area is 107 Å². The molecule has 0 spiro atoms. The molecule has 98 valence electrons. The van der Waals surface area contributed by atoms with Gasteiger partial charge in [-0.05, 0) is 11.6 Å². The van der Waals surface area contributed by atoms with Crippen molar-refractivity contribution in [1.29, 1.82) is 0 Å². The third-order valence-corrected chi connectivity index (χ3v) is 2.75. The van der Waals surface area contributed by atoms with Crippen LogP contribution in [0.4, 0.5) is 0 Å². The average Bonchev–Trinajstić information content (AvgIpc) is 2.96. The smallest absolute Gasteiger partial charge is 0.146 e. The van der Waals surface area contributed by atoms with Crippen molar-refractivity contribution in [2.75, 3.05) is 20.3 Å². The third-order valence-electron chi connectivity index (χ3n) is 2.75. The summed E-state index contributed by atoms with van der Waals surface area (Å²) < 4.78 is 8.88. The molecular weight excluding hydrogens is 230 g/mol. The molecule has 0 aliphatic carbocycles. The molecule has 18 heavy (non-hydrogen) atoms. The van der Waals surface area contributed by atoms with Gasteiger partial charge in [0, 0.05) is 39.6 Å². The molecule has 0 atom stereocenters. The number of methoxy groups -OCH3 is 1. The summed E-state index contributed by atoms with van der Waals surface area (Å²) in [6.45, 7) is 3.20. The van der Waals surface area contributed by atoms with E-state index in [0.29, 0.717) is 0 Å². The molecule has 2 aromatic heterocycles. The number of ether oxygens (including phenoxy) is 1. The normalized spacial score (nSPS) is 11.0. The summed E-state index contributed by atoms with van der Waals surface area (Å²) in [5.41, 5.74) is 1.26. The second-order valence-electron chi connectivity index (χ2n) is 4.16. The van der Waals surface area contributed by atoms with E-state index in [1.807, 2.05) is 7.05 Å². The molecule has 0 fully saturated rings. The van der Waals surface area contributed by atoms with E-state index < -0.39 is 0 Å². The fourth-order valence-electron chi connectivity index (χ4n) is 1.73. The summed E-state index contributed by atoms with van der Waals surface area (Å²) in [7, 11) is 3.61. The van der Waals surface area contributed by atoms with Crippen molar-refractivity contribution in [2.45, 2.75) is 13.1 Å². The van der Waals surface area contributed by atoms with Crippen LogP contribution >= 0.6 is 0 Å². The van der Waals surface area contributed by atoms with Gasteiger partial charge in [-0.3, -0.25) is 4.68 Å². The SMILES string of the molecule is COCCNCc1ccn(Cc2ncnn2C)c1. The van der Waals surface area contributed by atoms with E-state index in [9.17, 15) is 0 Å². The van der Waals surface area contributed by atoms with E-state index in [1.165, 1.54) is 5.56 Å². The van der Waals surface area contributed by atoms with E-state index in [0.717, 1.165) is 32.1 Å². The first kappa shape index (κ1) is 12.8. The van der Waals surface area contributed by atoms with Crippen molar-refractivity contribution >= 4 is 0 Å². The molecule has 6 heteroatoms. The van der Waals surface area contributed by atoms with Crippen LogP contribution in [0.15, 0.2) is 24.8 Å². The largest absolute Gasteiger partial charge is 0.383 e. The number of nitrogens with zero attached hydrogens (tertiary/aromatic N) is 4. The zero-order valence-corrected chi connectivity index (χ0v) is 10.8. The van der Waals surface area contributed by atoms with Crippen molar-refractivity contribution in [2.24, 2.45) is 7.05 Å². The lowest BCUT2D eigenvalue weighted by Gasteiger charge is -2.03. The second-order valence-corrected chi connectivity index (χ2v) is 4.16. The lowest BCUT2D eigenvalue weighted by Crippen LogP contribution is -2.18. The van der Waals surface area contributed by atoms with Crippen LogP contribution in [0.25, 0.3) is 0 Å². The summed E-state index contributed by atoms with van der Waals surface area (Å²) in [5.74, 6) is 0.949. The molecule has 0 saturated heterocycles. The van der Waals surface area contributed by atoms with Gasteiger partial charge in [-0.15, -0.1) is 0 Å². The molecule has 2 heterocycles. The van der Waals surface area contributed by atoms with Gasteiger partial charge in [0.2, 0.25) is 0 Å². The van der Waals surface area contributed by atoms with Crippen LogP contribution in [0.5, 0.6) is 0 Å². The number of nitrogens with one attached hydrogen (secondary N) is 1. The van der Waals surface area contributed by atoms with Crippen molar-refractivity contribution in [3.63, 3.8) is 0 Å². The van der Waals surface area contributed by atoms with Crippen molar-refractivity contribution in [3.8, 4) is 0 Å².